The lowest BCUT2D eigenvalue weighted by Gasteiger charge is -2.38. The van der Waals surface area contributed by atoms with Crippen molar-refractivity contribution >= 4 is 0 Å². The summed E-state index contributed by atoms with van der Waals surface area (Å²) in [5.41, 5.74) is 7.25. The van der Waals surface area contributed by atoms with Gasteiger partial charge in [0.25, 0.3) is 0 Å². The van der Waals surface area contributed by atoms with E-state index in [4.69, 9.17) is 5.73 Å². The van der Waals surface area contributed by atoms with E-state index in [2.05, 4.69) is 25.8 Å². The van der Waals surface area contributed by atoms with E-state index in [0.29, 0.717) is 16.9 Å². The van der Waals surface area contributed by atoms with Crippen LogP contribution in [0.3, 0.4) is 0 Å². The van der Waals surface area contributed by atoms with E-state index in [9.17, 15) is 4.39 Å². The first-order valence-electron chi connectivity index (χ1n) is 7.24. The molecular weight excluding hydrogens is 239 g/mol. The first-order chi connectivity index (χ1) is 8.89. The Labute approximate surface area is 115 Å². The summed E-state index contributed by atoms with van der Waals surface area (Å²) in [7, 11) is 0. The molecule has 0 saturated heterocycles. The Hall–Kier alpha value is -0.960. The van der Waals surface area contributed by atoms with Crippen molar-refractivity contribution in [3.8, 4) is 0 Å². The zero-order valence-electron chi connectivity index (χ0n) is 12.2. The molecule has 1 fully saturated rings. The molecule has 2 nitrogen and oxygen atoms in total. The Morgan fingerprint density at radius 3 is 2.42 bits per heavy atom. The van der Waals surface area contributed by atoms with Crippen LogP contribution in [0.4, 0.5) is 4.39 Å². The SMILES string of the molecule is CC(C)(C)C1CCC(C(N)c2ccncc2F)CC1. The summed E-state index contributed by atoms with van der Waals surface area (Å²) >= 11 is 0. The molecule has 1 saturated carbocycles. The van der Waals surface area contributed by atoms with Crippen LogP contribution < -0.4 is 5.73 Å². The summed E-state index contributed by atoms with van der Waals surface area (Å²) in [6.45, 7) is 6.92. The van der Waals surface area contributed by atoms with Crippen molar-refractivity contribution in [2.75, 3.05) is 0 Å². The van der Waals surface area contributed by atoms with E-state index in [1.54, 1.807) is 12.3 Å². The fourth-order valence-electron chi connectivity index (χ4n) is 3.25. The number of rotatable bonds is 2. The van der Waals surface area contributed by atoms with E-state index in [1.165, 1.54) is 19.0 Å². The molecule has 1 aliphatic carbocycles. The van der Waals surface area contributed by atoms with E-state index < -0.39 is 0 Å². The average molecular weight is 264 g/mol. The van der Waals surface area contributed by atoms with Crippen molar-refractivity contribution in [2.24, 2.45) is 23.0 Å². The number of aromatic nitrogens is 1. The minimum Gasteiger partial charge on any atom is -0.324 e. The summed E-state index contributed by atoms with van der Waals surface area (Å²) in [5, 5.41) is 0. The second kappa shape index (κ2) is 5.58. The monoisotopic (exact) mass is 264 g/mol. The molecule has 0 amide bonds. The van der Waals surface area contributed by atoms with E-state index in [-0.39, 0.29) is 11.9 Å². The first-order valence-corrected chi connectivity index (χ1v) is 7.24. The molecule has 1 aromatic heterocycles. The van der Waals surface area contributed by atoms with Crippen LogP contribution in [-0.2, 0) is 0 Å². The third kappa shape index (κ3) is 3.33. The number of nitrogens with zero attached hydrogens (tertiary/aromatic N) is 1. The Morgan fingerprint density at radius 2 is 1.89 bits per heavy atom. The van der Waals surface area contributed by atoms with Gasteiger partial charge in [0.2, 0.25) is 0 Å². The van der Waals surface area contributed by atoms with Gasteiger partial charge in [-0.05, 0) is 49.0 Å². The molecule has 1 aromatic rings. The summed E-state index contributed by atoms with van der Waals surface area (Å²) in [5.74, 6) is 0.890. The molecule has 1 unspecified atom stereocenters. The highest BCUT2D eigenvalue weighted by Gasteiger charge is 2.32. The second-order valence-corrected chi connectivity index (χ2v) is 6.90. The molecular formula is C16H25FN2. The van der Waals surface area contributed by atoms with Gasteiger partial charge in [-0.3, -0.25) is 4.98 Å². The van der Waals surface area contributed by atoms with Gasteiger partial charge in [-0.25, -0.2) is 4.39 Å². The molecule has 3 heteroatoms. The summed E-state index contributed by atoms with van der Waals surface area (Å²) in [4.78, 5) is 3.79. The fourth-order valence-corrected chi connectivity index (χ4v) is 3.25. The van der Waals surface area contributed by atoms with Crippen LogP contribution in [0.1, 0.15) is 58.1 Å². The highest BCUT2D eigenvalue weighted by Crippen LogP contribution is 2.42. The largest absolute Gasteiger partial charge is 0.324 e. The van der Waals surface area contributed by atoms with Gasteiger partial charge in [-0.1, -0.05) is 20.8 Å². The predicted octanol–water partition coefficient (Wildman–Crippen LogP) is 4.07. The van der Waals surface area contributed by atoms with Crippen molar-refractivity contribution in [3.05, 3.63) is 29.8 Å². The Morgan fingerprint density at radius 1 is 1.26 bits per heavy atom. The molecule has 19 heavy (non-hydrogen) atoms. The Bertz CT molecular complexity index is 417. The van der Waals surface area contributed by atoms with Gasteiger partial charge in [-0.2, -0.15) is 0 Å². The first kappa shape index (κ1) is 14.4. The van der Waals surface area contributed by atoms with Gasteiger partial charge < -0.3 is 5.73 Å². The number of hydrogen-bond donors (Lipinski definition) is 1. The van der Waals surface area contributed by atoms with Crippen LogP contribution in [0.25, 0.3) is 0 Å². The molecule has 106 valence electrons. The van der Waals surface area contributed by atoms with Crippen molar-refractivity contribution in [3.63, 3.8) is 0 Å². The molecule has 2 rings (SSSR count). The standard InChI is InChI=1S/C16H25FN2/c1-16(2,3)12-6-4-11(5-7-12)15(18)13-8-9-19-10-14(13)17/h8-12,15H,4-7,18H2,1-3H3. The fraction of sp³-hybridized carbons (Fsp3) is 0.688. The maximum Gasteiger partial charge on any atom is 0.146 e. The zero-order valence-corrected chi connectivity index (χ0v) is 12.2. The summed E-state index contributed by atoms with van der Waals surface area (Å²) in [6, 6.07) is 1.53. The average Bonchev–Trinajstić information content (AvgIpc) is 2.38. The van der Waals surface area contributed by atoms with E-state index in [0.717, 1.165) is 18.8 Å². The van der Waals surface area contributed by atoms with Crippen molar-refractivity contribution < 1.29 is 4.39 Å². The minimum atomic E-state index is -0.270. The van der Waals surface area contributed by atoms with Crippen molar-refractivity contribution in [2.45, 2.75) is 52.5 Å². The lowest BCUT2D eigenvalue weighted by Crippen LogP contribution is -2.31. The zero-order chi connectivity index (χ0) is 14.0. The van der Waals surface area contributed by atoms with Gasteiger partial charge in [0, 0.05) is 17.8 Å². The van der Waals surface area contributed by atoms with Crippen LogP contribution in [0, 0.1) is 23.1 Å². The van der Waals surface area contributed by atoms with Gasteiger partial charge in [0.1, 0.15) is 5.82 Å². The summed E-state index contributed by atoms with van der Waals surface area (Å²) < 4.78 is 13.7. The normalized spacial score (nSPS) is 26.2. The van der Waals surface area contributed by atoms with Gasteiger partial charge in [0.15, 0.2) is 0 Å². The minimum absolute atomic E-state index is 0.191. The maximum atomic E-state index is 13.7. The highest BCUT2D eigenvalue weighted by molar-refractivity contribution is 5.18. The molecule has 1 aliphatic rings. The quantitative estimate of drug-likeness (QED) is 0.874. The second-order valence-electron chi connectivity index (χ2n) is 6.90. The topological polar surface area (TPSA) is 38.9 Å². The molecule has 0 spiro atoms. The summed E-state index contributed by atoms with van der Waals surface area (Å²) in [6.07, 6.45) is 7.49. The number of pyridine rings is 1. The number of halogens is 1. The number of nitrogens with two attached hydrogens (primary N) is 1. The van der Waals surface area contributed by atoms with E-state index >= 15 is 0 Å². The number of hydrogen-bond acceptors (Lipinski definition) is 2. The third-order valence-corrected chi connectivity index (χ3v) is 4.67. The third-order valence-electron chi connectivity index (χ3n) is 4.67. The predicted molar refractivity (Wildman–Crippen MR) is 76.0 cm³/mol. The lowest BCUT2D eigenvalue weighted by atomic mass is 9.68. The van der Waals surface area contributed by atoms with E-state index in [1.807, 2.05) is 0 Å². The molecule has 0 aromatic carbocycles. The molecule has 1 atom stereocenters. The Balaban J connectivity index is 2.00. The van der Waals surface area contributed by atoms with Crippen LogP contribution in [0.15, 0.2) is 18.5 Å². The molecule has 0 bridgehead atoms. The van der Waals surface area contributed by atoms with Crippen molar-refractivity contribution in [1.29, 1.82) is 0 Å². The molecule has 0 aliphatic heterocycles. The van der Waals surface area contributed by atoms with Crippen LogP contribution in [0.2, 0.25) is 0 Å². The highest BCUT2D eigenvalue weighted by atomic mass is 19.1. The molecule has 1 heterocycles. The molecule has 0 radical (unpaired) electrons. The molecule has 2 N–H and O–H groups in total. The Kier molecular flexibility index (Phi) is 4.24. The van der Waals surface area contributed by atoms with Crippen LogP contribution in [0.5, 0.6) is 0 Å². The smallest absolute Gasteiger partial charge is 0.146 e. The van der Waals surface area contributed by atoms with Gasteiger partial charge in [0.05, 0.1) is 6.20 Å². The van der Waals surface area contributed by atoms with Gasteiger partial charge in [-0.15, -0.1) is 0 Å². The lowest BCUT2D eigenvalue weighted by molar-refractivity contribution is 0.139. The van der Waals surface area contributed by atoms with Gasteiger partial charge >= 0.3 is 0 Å². The maximum absolute atomic E-state index is 13.7. The van der Waals surface area contributed by atoms with Crippen molar-refractivity contribution in [1.82, 2.24) is 4.98 Å². The van der Waals surface area contributed by atoms with Crippen LogP contribution >= 0.6 is 0 Å². The van der Waals surface area contributed by atoms with Crippen LogP contribution in [-0.4, -0.2) is 4.98 Å².